The average molecular weight is 515 g/mol. The number of anilines is 1. The number of carbonyl (C=O) groups is 1. The molecule has 4 rings (SSSR count). The summed E-state index contributed by atoms with van der Waals surface area (Å²) in [5.74, 6) is 0.587. The number of carbonyl (C=O) groups excluding carboxylic acids is 1. The molecule has 3 aromatic carbocycles. The van der Waals surface area contributed by atoms with Gasteiger partial charge in [-0.3, -0.25) is 4.79 Å². The van der Waals surface area contributed by atoms with Crippen LogP contribution in [0.3, 0.4) is 0 Å². The Labute approximate surface area is 205 Å². The summed E-state index contributed by atoms with van der Waals surface area (Å²) in [6.07, 6.45) is 1.73. The highest BCUT2D eigenvalue weighted by molar-refractivity contribution is 7.91. The van der Waals surface area contributed by atoms with Crippen molar-refractivity contribution >= 4 is 31.5 Å². The van der Waals surface area contributed by atoms with Crippen molar-refractivity contribution in [1.82, 2.24) is 4.31 Å². The average Bonchev–Trinajstić information content (AvgIpc) is 2.85. The molecular formula is C25H26N2O6S2. The number of para-hydroxylation sites is 3. The Morgan fingerprint density at radius 2 is 1.49 bits per heavy atom. The number of sulfone groups is 1. The van der Waals surface area contributed by atoms with Gasteiger partial charge in [-0.05, 0) is 55.3 Å². The van der Waals surface area contributed by atoms with Gasteiger partial charge in [-0.25, -0.2) is 16.8 Å². The topological polar surface area (TPSA) is 110 Å². The SMILES string of the molecule is CS(=O)(=O)c1cccc(S(=O)(=O)N2CCC(C(=O)Nc3ccccc3Oc3ccccc3)CC2)c1. The van der Waals surface area contributed by atoms with Crippen LogP contribution >= 0.6 is 0 Å². The molecule has 10 heteroatoms. The van der Waals surface area contributed by atoms with E-state index >= 15 is 0 Å². The van der Waals surface area contributed by atoms with E-state index in [4.69, 9.17) is 4.74 Å². The third-order valence-electron chi connectivity index (χ3n) is 5.81. The van der Waals surface area contributed by atoms with Gasteiger partial charge in [-0.1, -0.05) is 36.4 Å². The molecule has 1 saturated heterocycles. The Morgan fingerprint density at radius 3 is 2.17 bits per heavy atom. The van der Waals surface area contributed by atoms with Crippen LogP contribution in [-0.2, 0) is 24.7 Å². The molecule has 1 aliphatic heterocycles. The molecule has 0 saturated carbocycles. The van der Waals surface area contributed by atoms with Crippen molar-refractivity contribution in [3.05, 3.63) is 78.9 Å². The fourth-order valence-electron chi connectivity index (χ4n) is 3.88. The maximum Gasteiger partial charge on any atom is 0.243 e. The molecule has 1 fully saturated rings. The molecule has 35 heavy (non-hydrogen) atoms. The van der Waals surface area contributed by atoms with Gasteiger partial charge in [-0.15, -0.1) is 0 Å². The number of benzene rings is 3. The lowest BCUT2D eigenvalue weighted by atomic mass is 9.97. The first-order chi connectivity index (χ1) is 16.6. The summed E-state index contributed by atoms with van der Waals surface area (Å²) in [4.78, 5) is 12.8. The van der Waals surface area contributed by atoms with Gasteiger partial charge in [0.15, 0.2) is 15.6 Å². The summed E-state index contributed by atoms with van der Waals surface area (Å²) in [5, 5.41) is 2.91. The number of ether oxygens (including phenoxy) is 1. The zero-order valence-corrected chi connectivity index (χ0v) is 20.8. The van der Waals surface area contributed by atoms with E-state index in [1.807, 2.05) is 36.4 Å². The molecule has 0 atom stereocenters. The van der Waals surface area contributed by atoms with Crippen molar-refractivity contribution in [2.75, 3.05) is 24.7 Å². The van der Waals surface area contributed by atoms with Crippen LogP contribution < -0.4 is 10.1 Å². The van der Waals surface area contributed by atoms with Crippen molar-refractivity contribution in [2.24, 2.45) is 5.92 Å². The van der Waals surface area contributed by atoms with Crippen LogP contribution in [0.4, 0.5) is 5.69 Å². The molecule has 1 amide bonds. The zero-order valence-electron chi connectivity index (χ0n) is 19.1. The van der Waals surface area contributed by atoms with Crippen LogP contribution in [0.1, 0.15) is 12.8 Å². The molecule has 0 bridgehead atoms. The van der Waals surface area contributed by atoms with E-state index in [1.165, 1.54) is 28.6 Å². The zero-order chi connectivity index (χ0) is 25.1. The minimum absolute atomic E-state index is 0.0516. The lowest BCUT2D eigenvalue weighted by Gasteiger charge is -2.30. The standard InChI is InChI=1S/C25H26N2O6S2/c1-34(29,30)21-10-7-11-22(18-21)35(31,32)27-16-14-19(15-17-27)25(28)26-23-12-5-6-13-24(23)33-20-8-3-2-4-9-20/h2-13,18-19H,14-17H2,1H3,(H,26,28). The molecule has 1 aliphatic rings. The lowest BCUT2D eigenvalue weighted by molar-refractivity contribution is -0.120. The number of nitrogens with one attached hydrogen (secondary N) is 1. The third kappa shape index (κ3) is 5.90. The Hall–Kier alpha value is -3.21. The van der Waals surface area contributed by atoms with Crippen LogP contribution in [-0.4, -0.2) is 46.4 Å². The molecule has 1 heterocycles. The first-order valence-corrected chi connectivity index (χ1v) is 14.4. The minimum Gasteiger partial charge on any atom is -0.455 e. The maximum atomic E-state index is 13.1. The number of amides is 1. The van der Waals surface area contributed by atoms with Gasteiger partial charge in [0.25, 0.3) is 0 Å². The number of piperidine rings is 1. The molecule has 0 spiro atoms. The first kappa shape index (κ1) is 24.9. The van der Waals surface area contributed by atoms with Gasteiger partial charge < -0.3 is 10.1 Å². The van der Waals surface area contributed by atoms with Crippen molar-refractivity contribution in [3.63, 3.8) is 0 Å². The lowest BCUT2D eigenvalue weighted by Crippen LogP contribution is -2.41. The fourth-order valence-corrected chi connectivity index (χ4v) is 6.14. The van der Waals surface area contributed by atoms with Crippen LogP contribution in [0.5, 0.6) is 11.5 Å². The molecule has 0 radical (unpaired) electrons. The molecule has 3 aromatic rings. The highest BCUT2D eigenvalue weighted by atomic mass is 32.2. The van der Waals surface area contributed by atoms with E-state index in [1.54, 1.807) is 18.2 Å². The molecule has 0 aliphatic carbocycles. The smallest absolute Gasteiger partial charge is 0.243 e. The number of sulfonamides is 1. The Bertz CT molecular complexity index is 1420. The van der Waals surface area contributed by atoms with Gasteiger partial charge in [0, 0.05) is 25.3 Å². The number of hydrogen-bond acceptors (Lipinski definition) is 6. The minimum atomic E-state index is -3.88. The molecule has 0 aromatic heterocycles. The highest BCUT2D eigenvalue weighted by Gasteiger charge is 2.32. The number of nitrogens with zero attached hydrogens (tertiary/aromatic N) is 1. The van der Waals surface area contributed by atoms with Gasteiger partial charge in [0.1, 0.15) is 5.75 Å². The molecule has 8 nitrogen and oxygen atoms in total. The summed E-state index contributed by atoms with van der Waals surface area (Å²) in [7, 11) is -7.41. The predicted molar refractivity (Wildman–Crippen MR) is 133 cm³/mol. The second kappa shape index (κ2) is 10.2. The third-order valence-corrected chi connectivity index (χ3v) is 8.82. The summed E-state index contributed by atoms with van der Waals surface area (Å²) in [6, 6.07) is 21.7. The van der Waals surface area contributed by atoms with E-state index in [9.17, 15) is 21.6 Å². The van der Waals surface area contributed by atoms with Gasteiger partial charge in [0.05, 0.1) is 15.5 Å². The van der Waals surface area contributed by atoms with E-state index in [0.717, 1.165) is 6.26 Å². The van der Waals surface area contributed by atoms with Crippen molar-refractivity contribution in [2.45, 2.75) is 22.6 Å². The van der Waals surface area contributed by atoms with E-state index < -0.39 is 19.9 Å². The fraction of sp³-hybridized carbons (Fsp3) is 0.240. The van der Waals surface area contributed by atoms with Crippen molar-refractivity contribution in [3.8, 4) is 11.5 Å². The van der Waals surface area contributed by atoms with Gasteiger partial charge in [-0.2, -0.15) is 4.31 Å². The summed E-state index contributed by atoms with van der Waals surface area (Å²) < 4.78 is 57.0. The Kier molecular flexibility index (Phi) is 7.25. The summed E-state index contributed by atoms with van der Waals surface area (Å²) >= 11 is 0. The second-order valence-corrected chi connectivity index (χ2v) is 12.3. The van der Waals surface area contributed by atoms with E-state index in [2.05, 4.69) is 5.32 Å². The van der Waals surface area contributed by atoms with E-state index in [0.29, 0.717) is 30.0 Å². The Morgan fingerprint density at radius 1 is 0.857 bits per heavy atom. The molecule has 184 valence electrons. The monoisotopic (exact) mass is 514 g/mol. The highest BCUT2D eigenvalue weighted by Crippen LogP contribution is 2.31. The quantitative estimate of drug-likeness (QED) is 0.512. The summed E-state index contributed by atoms with van der Waals surface area (Å²) in [5.41, 5.74) is 0.536. The van der Waals surface area contributed by atoms with Crippen LogP contribution in [0, 0.1) is 5.92 Å². The van der Waals surface area contributed by atoms with Gasteiger partial charge >= 0.3 is 0 Å². The van der Waals surface area contributed by atoms with Crippen LogP contribution in [0.25, 0.3) is 0 Å². The van der Waals surface area contributed by atoms with Gasteiger partial charge in [0.2, 0.25) is 15.9 Å². The Balaban J connectivity index is 1.41. The number of hydrogen-bond donors (Lipinski definition) is 1. The normalized spacial score (nSPS) is 15.5. The number of rotatable bonds is 7. The van der Waals surface area contributed by atoms with Crippen LogP contribution in [0.15, 0.2) is 88.7 Å². The predicted octanol–water partition coefficient (Wildman–Crippen LogP) is 3.92. The maximum absolute atomic E-state index is 13.1. The second-order valence-electron chi connectivity index (χ2n) is 8.33. The van der Waals surface area contributed by atoms with Crippen molar-refractivity contribution in [1.29, 1.82) is 0 Å². The largest absolute Gasteiger partial charge is 0.455 e. The van der Waals surface area contributed by atoms with E-state index in [-0.39, 0.29) is 34.7 Å². The molecular weight excluding hydrogens is 488 g/mol. The van der Waals surface area contributed by atoms with Crippen LogP contribution in [0.2, 0.25) is 0 Å². The van der Waals surface area contributed by atoms with Crippen molar-refractivity contribution < 1.29 is 26.4 Å². The molecule has 1 N–H and O–H groups in total. The first-order valence-electron chi connectivity index (χ1n) is 11.1. The molecule has 0 unspecified atom stereocenters. The summed E-state index contributed by atoms with van der Waals surface area (Å²) in [6.45, 7) is 0.317.